The van der Waals surface area contributed by atoms with E-state index in [0.717, 1.165) is 0 Å². The fraction of sp³-hybridized carbons (Fsp3) is 0.231. The van der Waals surface area contributed by atoms with Crippen LogP contribution in [0.25, 0.3) is 0 Å². The zero-order valence-corrected chi connectivity index (χ0v) is 10.6. The molecule has 0 atom stereocenters. The van der Waals surface area contributed by atoms with E-state index >= 15 is 0 Å². The SMILES string of the molecule is CCOC(=O)/C=C/COc1ccc(C#N)c(Cl)c1. The Kier molecular flexibility index (Phi) is 5.75. The van der Waals surface area contributed by atoms with Crippen LogP contribution in [0.3, 0.4) is 0 Å². The van der Waals surface area contributed by atoms with Crippen molar-refractivity contribution in [3.63, 3.8) is 0 Å². The molecule has 1 aromatic carbocycles. The minimum Gasteiger partial charge on any atom is -0.489 e. The topological polar surface area (TPSA) is 59.3 Å². The van der Waals surface area contributed by atoms with E-state index < -0.39 is 5.97 Å². The lowest BCUT2D eigenvalue weighted by Crippen LogP contribution is -2.01. The van der Waals surface area contributed by atoms with Crippen molar-refractivity contribution in [1.82, 2.24) is 0 Å². The Balaban J connectivity index is 2.47. The summed E-state index contributed by atoms with van der Waals surface area (Å²) in [7, 11) is 0. The zero-order chi connectivity index (χ0) is 13.4. The normalized spacial score (nSPS) is 10.1. The quantitative estimate of drug-likeness (QED) is 0.607. The molecular weight excluding hydrogens is 254 g/mol. The fourth-order valence-electron chi connectivity index (χ4n) is 1.16. The molecule has 0 spiro atoms. The summed E-state index contributed by atoms with van der Waals surface area (Å²) in [4.78, 5) is 11.0. The predicted octanol–water partition coefficient (Wildman–Crippen LogP) is 2.71. The third-order valence-corrected chi connectivity index (χ3v) is 2.26. The Labute approximate surface area is 110 Å². The fourth-order valence-corrected chi connectivity index (χ4v) is 1.37. The van der Waals surface area contributed by atoms with E-state index in [9.17, 15) is 4.79 Å². The average molecular weight is 266 g/mol. The first-order chi connectivity index (χ1) is 8.67. The molecule has 0 radical (unpaired) electrons. The molecule has 0 aliphatic carbocycles. The number of hydrogen-bond acceptors (Lipinski definition) is 4. The molecule has 0 fully saturated rings. The molecule has 18 heavy (non-hydrogen) atoms. The summed E-state index contributed by atoms with van der Waals surface area (Å²) in [6.07, 6.45) is 2.85. The zero-order valence-electron chi connectivity index (χ0n) is 9.85. The second kappa shape index (κ2) is 7.36. The molecule has 0 bridgehead atoms. The van der Waals surface area contributed by atoms with Gasteiger partial charge < -0.3 is 9.47 Å². The minimum absolute atomic E-state index is 0.223. The van der Waals surface area contributed by atoms with Crippen molar-refractivity contribution in [2.24, 2.45) is 0 Å². The highest BCUT2D eigenvalue weighted by molar-refractivity contribution is 6.31. The van der Waals surface area contributed by atoms with Gasteiger partial charge in [-0.2, -0.15) is 5.26 Å². The van der Waals surface area contributed by atoms with Gasteiger partial charge in [0.05, 0.1) is 17.2 Å². The van der Waals surface area contributed by atoms with Gasteiger partial charge in [0.15, 0.2) is 0 Å². The van der Waals surface area contributed by atoms with Crippen LogP contribution >= 0.6 is 11.6 Å². The van der Waals surface area contributed by atoms with Gasteiger partial charge in [-0.15, -0.1) is 0 Å². The molecule has 0 N–H and O–H groups in total. The van der Waals surface area contributed by atoms with E-state index in [1.54, 1.807) is 31.2 Å². The Morgan fingerprint density at radius 2 is 2.33 bits per heavy atom. The summed E-state index contributed by atoms with van der Waals surface area (Å²) < 4.78 is 10.0. The van der Waals surface area contributed by atoms with Crippen LogP contribution < -0.4 is 4.74 Å². The van der Waals surface area contributed by atoms with Crippen molar-refractivity contribution in [2.45, 2.75) is 6.92 Å². The average Bonchev–Trinajstić information content (AvgIpc) is 2.35. The van der Waals surface area contributed by atoms with Crippen LogP contribution in [0.1, 0.15) is 12.5 Å². The highest BCUT2D eigenvalue weighted by Crippen LogP contribution is 2.21. The molecule has 0 aliphatic rings. The van der Waals surface area contributed by atoms with Crippen molar-refractivity contribution >= 4 is 17.6 Å². The first kappa shape index (κ1) is 14.1. The number of hydrogen-bond donors (Lipinski definition) is 0. The van der Waals surface area contributed by atoms with Crippen LogP contribution in [0.4, 0.5) is 0 Å². The summed E-state index contributed by atoms with van der Waals surface area (Å²) in [6, 6.07) is 6.73. The highest BCUT2D eigenvalue weighted by atomic mass is 35.5. The molecule has 1 rings (SSSR count). The van der Waals surface area contributed by atoms with Gasteiger partial charge in [0.1, 0.15) is 18.4 Å². The van der Waals surface area contributed by atoms with Gasteiger partial charge >= 0.3 is 5.97 Å². The lowest BCUT2D eigenvalue weighted by atomic mass is 10.2. The molecule has 4 nitrogen and oxygen atoms in total. The number of benzene rings is 1. The van der Waals surface area contributed by atoms with Crippen LogP contribution in [0.15, 0.2) is 30.4 Å². The van der Waals surface area contributed by atoms with Crippen molar-refractivity contribution in [3.8, 4) is 11.8 Å². The highest BCUT2D eigenvalue weighted by Gasteiger charge is 2.01. The maximum atomic E-state index is 11.0. The minimum atomic E-state index is -0.404. The molecule has 94 valence electrons. The Morgan fingerprint density at radius 1 is 1.56 bits per heavy atom. The van der Waals surface area contributed by atoms with Gasteiger partial charge in [0, 0.05) is 12.1 Å². The third kappa shape index (κ3) is 4.48. The molecule has 1 aromatic rings. The number of halogens is 1. The van der Waals surface area contributed by atoms with E-state index in [1.165, 1.54) is 6.08 Å². The number of nitrogens with zero attached hydrogens (tertiary/aromatic N) is 1. The third-order valence-electron chi connectivity index (χ3n) is 1.95. The summed E-state index contributed by atoms with van der Waals surface area (Å²) in [5.74, 6) is 0.131. The van der Waals surface area contributed by atoms with Crippen LogP contribution in [-0.2, 0) is 9.53 Å². The van der Waals surface area contributed by atoms with Crippen molar-refractivity contribution in [3.05, 3.63) is 40.9 Å². The van der Waals surface area contributed by atoms with Gasteiger partial charge in [-0.05, 0) is 25.1 Å². The number of carbonyl (C=O) groups excluding carboxylic acids is 1. The van der Waals surface area contributed by atoms with Gasteiger partial charge in [-0.3, -0.25) is 0 Å². The Hall–Kier alpha value is -1.99. The smallest absolute Gasteiger partial charge is 0.330 e. The number of esters is 1. The van der Waals surface area contributed by atoms with E-state index in [2.05, 4.69) is 0 Å². The van der Waals surface area contributed by atoms with Crippen LogP contribution in [0.2, 0.25) is 5.02 Å². The van der Waals surface area contributed by atoms with Crippen LogP contribution in [0, 0.1) is 11.3 Å². The molecule has 0 unspecified atom stereocenters. The van der Waals surface area contributed by atoms with Crippen molar-refractivity contribution in [2.75, 3.05) is 13.2 Å². The van der Waals surface area contributed by atoms with E-state index in [1.807, 2.05) is 6.07 Å². The first-order valence-corrected chi connectivity index (χ1v) is 5.71. The summed E-state index contributed by atoms with van der Waals surface area (Å²) in [5.41, 5.74) is 0.395. The predicted molar refractivity (Wildman–Crippen MR) is 67.4 cm³/mol. The second-order valence-corrected chi connectivity index (χ2v) is 3.63. The molecule has 5 heteroatoms. The van der Waals surface area contributed by atoms with E-state index in [0.29, 0.717) is 22.9 Å². The van der Waals surface area contributed by atoms with Gasteiger partial charge in [0.2, 0.25) is 0 Å². The standard InChI is InChI=1S/C13H12ClNO3/c1-2-17-13(16)4-3-7-18-11-6-5-10(9-15)12(14)8-11/h3-6,8H,2,7H2,1H3/b4-3+. The van der Waals surface area contributed by atoms with E-state index in [4.69, 9.17) is 26.3 Å². The lowest BCUT2D eigenvalue weighted by Gasteiger charge is -2.04. The van der Waals surface area contributed by atoms with Crippen molar-refractivity contribution < 1.29 is 14.3 Å². The number of rotatable bonds is 5. The Morgan fingerprint density at radius 3 is 2.94 bits per heavy atom. The number of carbonyl (C=O) groups is 1. The van der Waals surface area contributed by atoms with Gasteiger partial charge in [-0.25, -0.2) is 4.79 Å². The summed E-state index contributed by atoms with van der Waals surface area (Å²) in [5, 5.41) is 9.03. The molecule has 0 heterocycles. The monoisotopic (exact) mass is 265 g/mol. The maximum absolute atomic E-state index is 11.0. The largest absolute Gasteiger partial charge is 0.489 e. The van der Waals surface area contributed by atoms with Crippen molar-refractivity contribution in [1.29, 1.82) is 5.26 Å². The second-order valence-electron chi connectivity index (χ2n) is 3.22. The Bertz CT molecular complexity index is 491. The molecule has 0 amide bonds. The summed E-state index contributed by atoms with van der Waals surface area (Å²) >= 11 is 5.84. The number of ether oxygens (including phenoxy) is 2. The van der Waals surface area contributed by atoms with Crippen LogP contribution in [0.5, 0.6) is 5.75 Å². The molecule has 0 saturated carbocycles. The molecular formula is C13H12ClNO3. The summed E-state index contributed by atoms with van der Waals surface area (Å²) in [6.45, 7) is 2.30. The molecule has 0 saturated heterocycles. The van der Waals surface area contributed by atoms with Crippen LogP contribution in [-0.4, -0.2) is 19.2 Å². The molecule has 0 aliphatic heterocycles. The maximum Gasteiger partial charge on any atom is 0.330 e. The lowest BCUT2D eigenvalue weighted by molar-refractivity contribution is -0.137. The van der Waals surface area contributed by atoms with Gasteiger partial charge in [0.25, 0.3) is 0 Å². The number of nitriles is 1. The first-order valence-electron chi connectivity index (χ1n) is 5.33. The van der Waals surface area contributed by atoms with Gasteiger partial charge in [-0.1, -0.05) is 11.6 Å². The van der Waals surface area contributed by atoms with E-state index in [-0.39, 0.29) is 6.61 Å². The molecule has 0 aromatic heterocycles.